The maximum absolute atomic E-state index is 15.8. The molecule has 1 saturated heterocycles. The number of aryl methyl sites for hydroxylation is 1. The molecule has 1 amide bonds. The van der Waals surface area contributed by atoms with Gasteiger partial charge in [0.1, 0.15) is 0 Å². The quantitative estimate of drug-likeness (QED) is 0.298. The number of nitrogens with zero attached hydrogens (tertiary/aromatic N) is 1. The maximum Gasteiger partial charge on any atom is 0.416 e. The Labute approximate surface area is 237 Å². The molecule has 2 N–H and O–H groups in total. The lowest BCUT2D eigenvalue weighted by molar-refractivity contribution is -0.146. The second-order valence-electron chi connectivity index (χ2n) is 11.5. The minimum atomic E-state index is -5.06. The Morgan fingerprint density at radius 2 is 1.57 bits per heavy atom. The van der Waals surface area contributed by atoms with Crippen LogP contribution in [0.15, 0.2) is 41.2 Å². The second kappa shape index (κ2) is 11.0. The molecule has 1 saturated carbocycles. The SMILES string of the molecule is Cc1cc(CN(Cc2cc(C(F)(F)F)cc(C(F)(F)F)c2)C(=O)C2(CC3CC3)CCNCC2)c(F)c2[nH]c(=O)ccc12. The first-order chi connectivity index (χ1) is 19.7. The number of alkyl halides is 6. The lowest BCUT2D eigenvalue weighted by Gasteiger charge is -2.40. The Morgan fingerprint density at radius 1 is 0.952 bits per heavy atom. The van der Waals surface area contributed by atoms with Gasteiger partial charge < -0.3 is 15.2 Å². The van der Waals surface area contributed by atoms with Crippen molar-refractivity contribution >= 4 is 16.8 Å². The van der Waals surface area contributed by atoms with Gasteiger partial charge >= 0.3 is 12.4 Å². The molecule has 1 aliphatic carbocycles. The van der Waals surface area contributed by atoms with Gasteiger partial charge in [-0.25, -0.2) is 4.39 Å². The highest BCUT2D eigenvalue weighted by molar-refractivity contribution is 5.85. The lowest BCUT2D eigenvalue weighted by atomic mass is 9.73. The molecule has 226 valence electrons. The van der Waals surface area contributed by atoms with E-state index in [2.05, 4.69) is 10.3 Å². The zero-order chi connectivity index (χ0) is 30.4. The molecular formula is C30H30F7N3O2. The summed E-state index contributed by atoms with van der Waals surface area (Å²) in [6.45, 7) is 1.74. The molecule has 3 aromatic rings. The minimum absolute atomic E-state index is 0.00581. The molecule has 0 atom stereocenters. The van der Waals surface area contributed by atoms with Gasteiger partial charge in [-0.3, -0.25) is 9.59 Å². The average Bonchev–Trinajstić information content (AvgIpc) is 3.73. The van der Waals surface area contributed by atoms with Crippen LogP contribution in [0, 0.1) is 24.1 Å². The van der Waals surface area contributed by atoms with E-state index in [0.717, 1.165) is 12.8 Å². The van der Waals surface area contributed by atoms with Gasteiger partial charge in [-0.15, -0.1) is 0 Å². The third-order valence-corrected chi connectivity index (χ3v) is 8.30. The highest BCUT2D eigenvalue weighted by Crippen LogP contribution is 2.46. The zero-order valence-corrected chi connectivity index (χ0v) is 22.8. The van der Waals surface area contributed by atoms with Crippen molar-refractivity contribution in [3.63, 3.8) is 0 Å². The molecule has 0 bridgehead atoms. The van der Waals surface area contributed by atoms with Crippen LogP contribution in [-0.2, 0) is 30.2 Å². The maximum atomic E-state index is 15.8. The molecule has 12 heteroatoms. The van der Waals surface area contributed by atoms with Gasteiger partial charge in [0.05, 0.1) is 22.1 Å². The number of aromatic nitrogens is 1. The van der Waals surface area contributed by atoms with E-state index in [1.807, 2.05) is 0 Å². The highest BCUT2D eigenvalue weighted by atomic mass is 19.4. The Hall–Kier alpha value is -3.41. The first-order valence-electron chi connectivity index (χ1n) is 13.8. The Kier molecular flexibility index (Phi) is 7.88. The first kappa shape index (κ1) is 30.1. The Balaban J connectivity index is 1.61. The average molecular weight is 598 g/mol. The van der Waals surface area contributed by atoms with E-state index in [-0.39, 0.29) is 22.7 Å². The summed E-state index contributed by atoms with van der Waals surface area (Å²) in [7, 11) is 0. The number of halogens is 7. The molecule has 2 aromatic carbocycles. The van der Waals surface area contributed by atoms with Crippen LogP contribution in [0.4, 0.5) is 30.7 Å². The summed E-state index contributed by atoms with van der Waals surface area (Å²) in [4.78, 5) is 29.9. The number of hydrogen-bond donors (Lipinski definition) is 2. The van der Waals surface area contributed by atoms with Crippen molar-refractivity contribution in [2.24, 2.45) is 11.3 Å². The molecule has 0 unspecified atom stereocenters. The summed E-state index contributed by atoms with van der Waals surface area (Å²) in [6.07, 6.45) is -6.79. The summed E-state index contributed by atoms with van der Waals surface area (Å²) in [5.41, 5.74) is -4.28. The minimum Gasteiger partial charge on any atom is -0.333 e. The van der Waals surface area contributed by atoms with Crippen LogP contribution in [0.2, 0.25) is 0 Å². The fraction of sp³-hybridized carbons (Fsp3) is 0.467. The molecule has 0 radical (unpaired) electrons. The van der Waals surface area contributed by atoms with Gasteiger partial charge in [-0.1, -0.05) is 18.9 Å². The van der Waals surface area contributed by atoms with Crippen molar-refractivity contribution in [3.05, 3.63) is 80.4 Å². The van der Waals surface area contributed by atoms with Gasteiger partial charge in [0.2, 0.25) is 11.5 Å². The zero-order valence-electron chi connectivity index (χ0n) is 22.8. The van der Waals surface area contributed by atoms with Crippen molar-refractivity contribution < 1.29 is 35.5 Å². The number of H-pyrrole nitrogens is 1. The molecule has 1 aromatic heterocycles. The van der Waals surface area contributed by atoms with Gasteiger partial charge in [-0.2, -0.15) is 26.3 Å². The van der Waals surface area contributed by atoms with E-state index in [4.69, 9.17) is 0 Å². The molecule has 5 nitrogen and oxygen atoms in total. The monoisotopic (exact) mass is 597 g/mol. The predicted octanol–water partition coefficient (Wildman–Crippen LogP) is 6.71. The summed E-state index contributed by atoms with van der Waals surface area (Å²) in [6, 6.07) is 5.43. The van der Waals surface area contributed by atoms with Crippen LogP contribution in [-0.4, -0.2) is 28.9 Å². The third kappa shape index (κ3) is 6.33. The van der Waals surface area contributed by atoms with Gasteiger partial charge in [0.25, 0.3) is 0 Å². The predicted molar refractivity (Wildman–Crippen MR) is 142 cm³/mol. The third-order valence-electron chi connectivity index (χ3n) is 8.30. The number of piperidine rings is 1. The number of hydrogen-bond acceptors (Lipinski definition) is 3. The van der Waals surface area contributed by atoms with Crippen LogP contribution in [0.3, 0.4) is 0 Å². The highest BCUT2D eigenvalue weighted by Gasteiger charge is 2.46. The van der Waals surface area contributed by atoms with E-state index >= 15 is 4.39 Å². The first-order valence-corrected chi connectivity index (χ1v) is 13.8. The van der Waals surface area contributed by atoms with E-state index in [1.54, 1.807) is 6.92 Å². The summed E-state index contributed by atoms with van der Waals surface area (Å²) in [5, 5.41) is 3.64. The number of benzene rings is 2. The number of nitrogens with one attached hydrogen (secondary N) is 2. The van der Waals surface area contributed by atoms with Crippen molar-refractivity contribution in [1.29, 1.82) is 0 Å². The number of carbonyl (C=O) groups excluding carboxylic acids is 1. The van der Waals surface area contributed by atoms with Crippen LogP contribution in [0.25, 0.3) is 10.9 Å². The normalized spacial score (nSPS) is 17.4. The van der Waals surface area contributed by atoms with Crippen molar-refractivity contribution in [1.82, 2.24) is 15.2 Å². The number of aromatic amines is 1. The molecule has 2 aliphatic rings. The number of fused-ring (bicyclic) bond motifs is 1. The van der Waals surface area contributed by atoms with E-state index in [9.17, 15) is 35.9 Å². The summed E-state index contributed by atoms with van der Waals surface area (Å²) < 4.78 is 97.5. The van der Waals surface area contributed by atoms with Crippen molar-refractivity contribution in [3.8, 4) is 0 Å². The molecule has 0 spiro atoms. The van der Waals surface area contributed by atoms with Gasteiger partial charge in [0, 0.05) is 30.1 Å². The second-order valence-corrected chi connectivity index (χ2v) is 11.5. The number of pyridine rings is 1. The Bertz CT molecular complexity index is 1520. The molecule has 42 heavy (non-hydrogen) atoms. The fourth-order valence-corrected chi connectivity index (χ4v) is 6.01. The van der Waals surface area contributed by atoms with E-state index in [0.29, 0.717) is 61.4 Å². The van der Waals surface area contributed by atoms with Crippen LogP contribution in [0.5, 0.6) is 0 Å². The largest absolute Gasteiger partial charge is 0.416 e. The fourth-order valence-electron chi connectivity index (χ4n) is 6.01. The Morgan fingerprint density at radius 3 is 2.14 bits per heavy atom. The van der Waals surface area contributed by atoms with Gasteiger partial charge in [-0.05, 0) is 80.6 Å². The van der Waals surface area contributed by atoms with E-state index in [1.165, 1.54) is 23.1 Å². The molecule has 5 rings (SSSR count). The lowest BCUT2D eigenvalue weighted by Crippen LogP contribution is -2.49. The molecule has 2 heterocycles. The standard InChI is InChI=1S/C30H30F7N3O2/c1-17-10-20(25(31)26-23(17)4-5-24(41)39-26)16-40(27(42)28(14-18-2-3-18)6-8-38-9-7-28)15-19-11-21(29(32,33)34)13-22(12-19)30(35,36)37/h4-5,10-13,18,38H,2-3,6-9,14-16H2,1H3,(H,39,41). The molecule has 2 fully saturated rings. The number of carbonyl (C=O) groups is 1. The smallest absolute Gasteiger partial charge is 0.333 e. The van der Waals surface area contributed by atoms with Crippen LogP contribution in [0.1, 0.15) is 59.9 Å². The summed E-state index contributed by atoms with van der Waals surface area (Å²) in [5.74, 6) is -0.933. The number of amides is 1. The van der Waals surface area contributed by atoms with Crippen molar-refractivity contribution in [2.75, 3.05) is 13.1 Å². The molecule has 1 aliphatic heterocycles. The van der Waals surface area contributed by atoms with Crippen LogP contribution >= 0.6 is 0 Å². The molecular weight excluding hydrogens is 567 g/mol. The van der Waals surface area contributed by atoms with Crippen LogP contribution < -0.4 is 10.9 Å². The number of rotatable bonds is 7. The summed E-state index contributed by atoms with van der Waals surface area (Å²) >= 11 is 0. The topological polar surface area (TPSA) is 65.2 Å². The van der Waals surface area contributed by atoms with E-state index < -0.39 is 59.3 Å². The van der Waals surface area contributed by atoms with Gasteiger partial charge in [0.15, 0.2) is 5.82 Å². The van der Waals surface area contributed by atoms with Crippen molar-refractivity contribution in [2.45, 2.75) is 64.5 Å².